The summed E-state index contributed by atoms with van der Waals surface area (Å²) in [4.78, 5) is 0. The van der Waals surface area contributed by atoms with Crippen LogP contribution in [0.2, 0.25) is 0 Å². The van der Waals surface area contributed by atoms with Gasteiger partial charge in [0.15, 0.2) is 0 Å². The van der Waals surface area contributed by atoms with Crippen molar-refractivity contribution in [2.45, 2.75) is 26.4 Å². The molecule has 0 unspecified atom stereocenters. The van der Waals surface area contributed by atoms with Crippen molar-refractivity contribution in [2.75, 3.05) is 18.8 Å². The van der Waals surface area contributed by atoms with Crippen molar-refractivity contribution in [3.63, 3.8) is 0 Å². The lowest BCUT2D eigenvalue weighted by Crippen LogP contribution is -2.32. The summed E-state index contributed by atoms with van der Waals surface area (Å²) in [5.74, 6) is 1.85. The Morgan fingerprint density at radius 1 is 1.38 bits per heavy atom. The Morgan fingerprint density at radius 2 is 2.12 bits per heavy atom. The molecule has 0 heterocycles. The van der Waals surface area contributed by atoms with E-state index >= 15 is 0 Å². The normalized spacial score (nSPS) is 12.4. The summed E-state index contributed by atoms with van der Waals surface area (Å²) in [6.45, 7) is 6.02. The second-order valence-electron chi connectivity index (χ2n) is 3.84. The second-order valence-corrected chi connectivity index (χ2v) is 4.29. The van der Waals surface area contributed by atoms with Gasteiger partial charge in [0.1, 0.15) is 11.9 Å². The monoisotopic (exact) mass is 239 g/mol. The van der Waals surface area contributed by atoms with Crippen molar-refractivity contribution in [3.8, 4) is 5.75 Å². The van der Waals surface area contributed by atoms with Crippen LogP contribution in [0.3, 0.4) is 0 Å². The van der Waals surface area contributed by atoms with Crippen molar-refractivity contribution >= 4 is 12.6 Å². The standard InChI is InChI=1S/C13H21NOS/c1-3-12(10-14-8-9-16)15-13-7-5-4-6-11(13)2/h4-7,12,14,16H,3,8-10H2,1-2H3/t12-/m0/s1. The molecule has 90 valence electrons. The Morgan fingerprint density at radius 3 is 2.75 bits per heavy atom. The number of nitrogens with one attached hydrogen (secondary N) is 1. The molecule has 0 amide bonds. The van der Waals surface area contributed by atoms with Gasteiger partial charge in [-0.2, -0.15) is 12.6 Å². The average Bonchev–Trinajstić information content (AvgIpc) is 2.30. The molecule has 0 saturated carbocycles. The van der Waals surface area contributed by atoms with Crippen LogP contribution in [-0.4, -0.2) is 24.9 Å². The number of ether oxygens (including phenoxy) is 1. The van der Waals surface area contributed by atoms with Gasteiger partial charge < -0.3 is 10.1 Å². The quantitative estimate of drug-likeness (QED) is 0.564. The third kappa shape index (κ3) is 4.45. The van der Waals surface area contributed by atoms with E-state index in [1.807, 2.05) is 18.2 Å². The van der Waals surface area contributed by atoms with E-state index in [9.17, 15) is 0 Å². The zero-order chi connectivity index (χ0) is 11.8. The van der Waals surface area contributed by atoms with Crippen molar-refractivity contribution in [3.05, 3.63) is 29.8 Å². The fourth-order valence-corrected chi connectivity index (χ4v) is 1.64. The van der Waals surface area contributed by atoms with Crippen LogP contribution in [0, 0.1) is 6.92 Å². The third-order valence-corrected chi connectivity index (χ3v) is 2.73. The second kappa shape index (κ2) is 7.58. The lowest BCUT2D eigenvalue weighted by Gasteiger charge is -2.19. The maximum atomic E-state index is 5.95. The van der Waals surface area contributed by atoms with E-state index in [-0.39, 0.29) is 6.10 Å². The molecule has 0 aliphatic heterocycles. The molecule has 0 aromatic heterocycles. The molecule has 0 spiro atoms. The van der Waals surface area contributed by atoms with Gasteiger partial charge in [-0.3, -0.25) is 0 Å². The number of aryl methyl sites for hydroxylation is 1. The predicted octanol–water partition coefficient (Wildman–Crippen LogP) is 2.67. The molecule has 0 fully saturated rings. The molecule has 1 rings (SSSR count). The van der Waals surface area contributed by atoms with Crippen LogP contribution < -0.4 is 10.1 Å². The molecular formula is C13H21NOS. The highest BCUT2D eigenvalue weighted by molar-refractivity contribution is 7.80. The van der Waals surface area contributed by atoms with Gasteiger partial charge in [0.25, 0.3) is 0 Å². The molecule has 2 nitrogen and oxygen atoms in total. The highest BCUT2D eigenvalue weighted by Gasteiger charge is 2.08. The summed E-state index contributed by atoms with van der Waals surface area (Å²) in [6, 6.07) is 8.14. The van der Waals surface area contributed by atoms with Gasteiger partial charge in [-0.15, -0.1) is 0 Å². The smallest absolute Gasteiger partial charge is 0.122 e. The molecule has 1 N–H and O–H groups in total. The SMILES string of the molecule is CC[C@@H](CNCCS)Oc1ccccc1C. The first-order valence-corrected chi connectivity index (χ1v) is 6.45. The maximum Gasteiger partial charge on any atom is 0.122 e. The Balaban J connectivity index is 2.46. The number of thiol groups is 1. The minimum absolute atomic E-state index is 0.237. The van der Waals surface area contributed by atoms with E-state index < -0.39 is 0 Å². The minimum Gasteiger partial charge on any atom is -0.489 e. The molecule has 3 heteroatoms. The average molecular weight is 239 g/mol. The molecule has 0 aliphatic rings. The number of hydrogen-bond donors (Lipinski definition) is 2. The Kier molecular flexibility index (Phi) is 6.34. The molecule has 0 radical (unpaired) electrons. The molecule has 1 aromatic rings. The number of rotatable bonds is 7. The van der Waals surface area contributed by atoms with Gasteiger partial charge in [-0.25, -0.2) is 0 Å². The van der Waals surface area contributed by atoms with Gasteiger partial charge in [0.05, 0.1) is 0 Å². The van der Waals surface area contributed by atoms with Gasteiger partial charge in [-0.1, -0.05) is 25.1 Å². The molecule has 0 aliphatic carbocycles. The van der Waals surface area contributed by atoms with Crippen LogP contribution in [0.1, 0.15) is 18.9 Å². The van der Waals surface area contributed by atoms with Crippen LogP contribution in [-0.2, 0) is 0 Å². The van der Waals surface area contributed by atoms with Gasteiger partial charge >= 0.3 is 0 Å². The van der Waals surface area contributed by atoms with Crippen LogP contribution >= 0.6 is 12.6 Å². The molecule has 0 saturated heterocycles. The van der Waals surface area contributed by atoms with Crippen molar-refractivity contribution < 1.29 is 4.74 Å². The molecule has 16 heavy (non-hydrogen) atoms. The topological polar surface area (TPSA) is 21.3 Å². The largest absolute Gasteiger partial charge is 0.489 e. The lowest BCUT2D eigenvalue weighted by molar-refractivity contribution is 0.193. The van der Waals surface area contributed by atoms with E-state index in [0.29, 0.717) is 0 Å². The Hall–Kier alpha value is -0.670. The first kappa shape index (κ1) is 13.4. The summed E-state index contributed by atoms with van der Waals surface area (Å²) in [5, 5.41) is 3.32. The summed E-state index contributed by atoms with van der Waals surface area (Å²) in [6.07, 6.45) is 1.24. The minimum atomic E-state index is 0.237. The van der Waals surface area contributed by atoms with Crippen molar-refractivity contribution in [2.24, 2.45) is 0 Å². The number of para-hydroxylation sites is 1. The molecule has 0 bridgehead atoms. The van der Waals surface area contributed by atoms with E-state index in [1.165, 1.54) is 5.56 Å². The van der Waals surface area contributed by atoms with E-state index in [4.69, 9.17) is 4.74 Å². The highest BCUT2D eigenvalue weighted by atomic mass is 32.1. The maximum absolute atomic E-state index is 5.95. The van der Waals surface area contributed by atoms with Crippen LogP contribution in [0.15, 0.2) is 24.3 Å². The fourth-order valence-electron chi connectivity index (χ4n) is 1.48. The summed E-state index contributed by atoms with van der Waals surface area (Å²) < 4.78 is 5.95. The summed E-state index contributed by atoms with van der Waals surface area (Å²) in [7, 11) is 0. The number of benzene rings is 1. The van der Waals surface area contributed by atoms with Crippen molar-refractivity contribution in [1.82, 2.24) is 5.32 Å². The first-order valence-electron chi connectivity index (χ1n) is 5.81. The van der Waals surface area contributed by atoms with Crippen LogP contribution in [0.25, 0.3) is 0 Å². The fraction of sp³-hybridized carbons (Fsp3) is 0.538. The van der Waals surface area contributed by atoms with Gasteiger partial charge in [0.2, 0.25) is 0 Å². The first-order chi connectivity index (χ1) is 7.77. The lowest BCUT2D eigenvalue weighted by atomic mass is 10.2. The zero-order valence-corrected chi connectivity index (χ0v) is 11.0. The summed E-state index contributed by atoms with van der Waals surface area (Å²) >= 11 is 4.16. The van der Waals surface area contributed by atoms with E-state index in [1.54, 1.807) is 0 Å². The van der Waals surface area contributed by atoms with E-state index in [2.05, 4.69) is 37.9 Å². The van der Waals surface area contributed by atoms with Crippen LogP contribution in [0.5, 0.6) is 5.75 Å². The zero-order valence-electron chi connectivity index (χ0n) is 10.1. The third-order valence-electron chi connectivity index (χ3n) is 2.50. The van der Waals surface area contributed by atoms with Crippen molar-refractivity contribution in [1.29, 1.82) is 0 Å². The van der Waals surface area contributed by atoms with Gasteiger partial charge in [-0.05, 0) is 25.0 Å². The van der Waals surface area contributed by atoms with Gasteiger partial charge in [0, 0.05) is 18.8 Å². The van der Waals surface area contributed by atoms with Crippen LogP contribution in [0.4, 0.5) is 0 Å². The summed E-state index contributed by atoms with van der Waals surface area (Å²) in [5.41, 5.74) is 1.19. The molecule has 1 aromatic carbocycles. The number of hydrogen-bond acceptors (Lipinski definition) is 3. The predicted molar refractivity (Wildman–Crippen MR) is 72.6 cm³/mol. The van der Waals surface area contributed by atoms with E-state index in [0.717, 1.165) is 31.0 Å². The Labute approximate surface area is 104 Å². The highest BCUT2D eigenvalue weighted by Crippen LogP contribution is 2.18. The Bertz CT molecular complexity index is 304. The molecule has 1 atom stereocenters. The molecular weight excluding hydrogens is 218 g/mol.